The molecular formula is C23H23N3O3. The molecule has 6 nitrogen and oxygen atoms in total. The molecule has 0 aliphatic rings. The van der Waals surface area contributed by atoms with Gasteiger partial charge >= 0.3 is 0 Å². The zero-order valence-electron chi connectivity index (χ0n) is 16.4. The van der Waals surface area contributed by atoms with E-state index in [9.17, 15) is 9.90 Å². The fraction of sp³-hybridized carbons (Fsp3) is 0.217. The molecule has 29 heavy (non-hydrogen) atoms. The molecule has 1 atom stereocenters. The molecule has 1 N–H and O–H groups in total. The van der Waals surface area contributed by atoms with Crippen LogP contribution in [-0.2, 0) is 6.54 Å². The summed E-state index contributed by atoms with van der Waals surface area (Å²) in [4.78, 5) is 12.9. The van der Waals surface area contributed by atoms with Crippen LogP contribution in [0, 0.1) is 6.92 Å². The molecule has 0 unspecified atom stereocenters. The van der Waals surface area contributed by atoms with E-state index in [1.807, 2.05) is 62.4 Å². The first-order valence-electron chi connectivity index (χ1n) is 9.62. The third-order valence-electron chi connectivity index (χ3n) is 4.90. The Bertz CT molecular complexity index is 1170. The Balaban J connectivity index is 1.62. The predicted molar refractivity (Wildman–Crippen MR) is 112 cm³/mol. The molecule has 0 aliphatic carbocycles. The molecule has 0 radical (unpaired) electrons. The lowest BCUT2D eigenvalue weighted by Gasteiger charge is -2.13. The van der Waals surface area contributed by atoms with Gasteiger partial charge in [0.25, 0.3) is 5.56 Å². The fourth-order valence-corrected chi connectivity index (χ4v) is 3.28. The Morgan fingerprint density at radius 3 is 2.48 bits per heavy atom. The highest BCUT2D eigenvalue weighted by Gasteiger charge is 2.13. The predicted octanol–water partition coefficient (Wildman–Crippen LogP) is 3.60. The van der Waals surface area contributed by atoms with Gasteiger partial charge in [-0.2, -0.15) is 5.10 Å². The lowest BCUT2D eigenvalue weighted by atomic mass is 10.1. The van der Waals surface area contributed by atoms with Gasteiger partial charge in [-0.1, -0.05) is 29.8 Å². The van der Waals surface area contributed by atoms with Gasteiger partial charge in [0.15, 0.2) is 0 Å². The molecule has 0 saturated carbocycles. The summed E-state index contributed by atoms with van der Waals surface area (Å²) in [6, 6.07) is 17.1. The van der Waals surface area contributed by atoms with Crippen LogP contribution < -0.4 is 10.3 Å². The van der Waals surface area contributed by atoms with Crippen molar-refractivity contribution in [1.82, 2.24) is 14.2 Å². The molecule has 6 heteroatoms. The normalized spacial score (nSPS) is 12.2. The fourth-order valence-electron chi connectivity index (χ4n) is 3.28. The van der Waals surface area contributed by atoms with Crippen molar-refractivity contribution in [3.05, 3.63) is 88.5 Å². The maximum absolute atomic E-state index is 12.9. The van der Waals surface area contributed by atoms with Gasteiger partial charge in [-0.3, -0.25) is 4.79 Å². The van der Waals surface area contributed by atoms with Crippen molar-refractivity contribution < 1.29 is 9.84 Å². The molecule has 0 saturated heterocycles. The average molecular weight is 389 g/mol. The van der Waals surface area contributed by atoms with E-state index in [1.165, 1.54) is 4.57 Å². The maximum Gasteiger partial charge on any atom is 0.276 e. The monoisotopic (exact) mass is 389 g/mol. The maximum atomic E-state index is 12.9. The Kier molecular flexibility index (Phi) is 5.18. The Hall–Kier alpha value is -3.38. The lowest BCUT2D eigenvalue weighted by Crippen LogP contribution is -2.24. The molecule has 2 aromatic carbocycles. The van der Waals surface area contributed by atoms with E-state index in [4.69, 9.17) is 4.74 Å². The van der Waals surface area contributed by atoms with Crippen molar-refractivity contribution in [2.24, 2.45) is 0 Å². The molecule has 0 aliphatic heterocycles. The second-order valence-electron chi connectivity index (χ2n) is 7.00. The van der Waals surface area contributed by atoms with Crippen LogP contribution in [0.15, 0.2) is 71.8 Å². The van der Waals surface area contributed by atoms with E-state index >= 15 is 0 Å². The summed E-state index contributed by atoms with van der Waals surface area (Å²) < 4.78 is 8.56. The van der Waals surface area contributed by atoms with Crippen LogP contribution in [0.25, 0.3) is 16.8 Å². The highest BCUT2D eigenvalue weighted by atomic mass is 16.5. The topological polar surface area (TPSA) is 68.8 Å². The third-order valence-corrected chi connectivity index (χ3v) is 4.90. The highest BCUT2D eigenvalue weighted by Crippen LogP contribution is 2.22. The Labute approximate surface area is 168 Å². The van der Waals surface area contributed by atoms with E-state index in [2.05, 4.69) is 5.10 Å². The standard InChI is InChI=1S/C23H23N3O3/c1-3-29-19-10-8-17(9-11-19)20-14-21-23(28)25(12-13-26(21)24-20)15-22(27)18-6-4-16(2)5-7-18/h4-14,22,27H,3,15H2,1-2H3/t22-/m0/s1. The van der Waals surface area contributed by atoms with Gasteiger partial charge in [-0.15, -0.1) is 0 Å². The van der Waals surface area contributed by atoms with Gasteiger partial charge in [-0.05, 0) is 49.7 Å². The highest BCUT2D eigenvalue weighted by molar-refractivity contribution is 5.66. The van der Waals surface area contributed by atoms with Crippen LogP contribution in [0.3, 0.4) is 0 Å². The summed E-state index contributed by atoms with van der Waals surface area (Å²) >= 11 is 0. The smallest absolute Gasteiger partial charge is 0.276 e. The SMILES string of the molecule is CCOc1ccc(-c2cc3c(=O)n(C[C@H](O)c4ccc(C)cc4)ccn3n2)cc1. The van der Waals surface area contributed by atoms with E-state index in [1.54, 1.807) is 23.0 Å². The summed E-state index contributed by atoms with van der Waals surface area (Å²) in [5.74, 6) is 0.799. The van der Waals surface area contributed by atoms with Crippen molar-refractivity contribution in [3.63, 3.8) is 0 Å². The summed E-state index contributed by atoms with van der Waals surface area (Å²) in [6.45, 7) is 4.73. The van der Waals surface area contributed by atoms with Crippen molar-refractivity contribution in [1.29, 1.82) is 0 Å². The Morgan fingerprint density at radius 1 is 1.07 bits per heavy atom. The third kappa shape index (κ3) is 3.93. The number of rotatable bonds is 6. The number of aliphatic hydroxyl groups is 1. The first-order chi connectivity index (χ1) is 14.0. The summed E-state index contributed by atoms with van der Waals surface area (Å²) in [6.07, 6.45) is 2.63. The number of aliphatic hydroxyl groups excluding tert-OH is 1. The summed E-state index contributed by atoms with van der Waals surface area (Å²) in [5.41, 5.74) is 3.80. The molecule has 4 aromatic rings. The average Bonchev–Trinajstić information content (AvgIpc) is 3.16. The van der Waals surface area contributed by atoms with Crippen LogP contribution in [0.4, 0.5) is 0 Å². The minimum Gasteiger partial charge on any atom is -0.494 e. The second kappa shape index (κ2) is 7.93. The number of nitrogens with zero attached hydrogens (tertiary/aromatic N) is 3. The van der Waals surface area contributed by atoms with Crippen LogP contribution in [-0.4, -0.2) is 25.9 Å². The summed E-state index contributed by atoms with van der Waals surface area (Å²) in [5, 5.41) is 15.0. The number of aryl methyl sites for hydroxylation is 1. The number of hydrogen-bond donors (Lipinski definition) is 1. The van der Waals surface area contributed by atoms with Crippen molar-refractivity contribution in [3.8, 4) is 17.0 Å². The van der Waals surface area contributed by atoms with Gasteiger partial charge in [0.1, 0.15) is 11.3 Å². The van der Waals surface area contributed by atoms with Crippen LogP contribution in [0.1, 0.15) is 24.2 Å². The van der Waals surface area contributed by atoms with E-state index in [-0.39, 0.29) is 12.1 Å². The van der Waals surface area contributed by atoms with E-state index in [0.29, 0.717) is 17.8 Å². The first kappa shape index (κ1) is 19.0. The molecule has 4 rings (SSSR count). The largest absolute Gasteiger partial charge is 0.494 e. The zero-order valence-corrected chi connectivity index (χ0v) is 16.4. The van der Waals surface area contributed by atoms with Crippen molar-refractivity contribution in [2.45, 2.75) is 26.5 Å². The summed E-state index contributed by atoms with van der Waals surface area (Å²) in [7, 11) is 0. The molecule has 2 aromatic heterocycles. The van der Waals surface area contributed by atoms with Crippen LogP contribution in [0.5, 0.6) is 5.75 Å². The van der Waals surface area contributed by atoms with Crippen molar-refractivity contribution in [2.75, 3.05) is 6.61 Å². The van der Waals surface area contributed by atoms with E-state index < -0.39 is 6.10 Å². The van der Waals surface area contributed by atoms with Crippen LogP contribution in [0.2, 0.25) is 0 Å². The number of ether oxygens (including phenoxy) is 1. The minimum atomic E-state index is -0.760. The first-order valence-corrected chi connectivity index (χ1v) is 9.62. The minimum absolute atomic E-state index is 0.183. The number of aromatic nitrogens is 3. The van der Waals surface area contributed by atoms with Gasteiger partial charge < -0.3 is 14.4 Å². The molecule has 2 heterocycles. The zero-order chi connectivity index (χ0) is 20.4. The quantitative estimate of drug-likeness (QED) is 0.547. The lowest BCUT2D eigenvalue weighted by molar-refractivity contribution is 0.155. The molecule has 0 fully saturated rings. The number of benzene rings is 2. The molecular weight excluding hydrogens is 366 g/mol. The van der Waals surface area contributed by atoms with Gasteiger partial charge in [0.2, 0.25) is 0 Å². The molecule has 0 spiro atoms. The van der Waals surface area contributed by atoms with Gasteiger partial charge in [0.05, 0.1) is 24.9 Å². The van der Waals surface area contributed by atoms with Crippen LogP contribution >= 0.6 is 0 Å². The second-order valence-corrected chi connectivity index (χ2v) is 7.00. The number of fused-ring (bicyclic) bond motifs is 1. The van der Waals surface area contributed by atoms with Gasteiger partial charge in [-0.25, -0.2) is 4.52 Å². The van der Waals surface area contributed by atoms with E-state index in [0.717, 1.165) is 22.4 Å². The molecule has 148 valence electrons. The Morgan fingerprint density at radius 2 is 1.79 bits per heavy atom. The van der Waals surface area contributed by atoms with Gasteiger partial charge in [0, 0.05) is 18.0 Å². The van der Waals surface area contributed by atoms with Crippen molar-refractivity contribution >= 4 is 5.52 Å². The molecule has 0 amide bonds. The molecule has 0 bridgehead atoms. The number of hydrogen-bond acceptors (Lipinski definition) is 4.